The highest BCUT2D eigenvalue weighted by Gasteiger charge is 2.42. The first-order chi connectivity index (χ1) is 8.92. The van der Waals surface area contributed by atoms with Crippen LogP contribution in [0.2, 0.25) is 0 Å². The summed E-state index contributed by atoms with van der Waals surface area (Å²) in [6.45, 7) is 0.838. The molecular weight excluding hydrogens is 224 g/mol. The molecule has 2 nitrogen and oxygen atoms in total. The number of fused-ring (bicyclic) bond motifs is 4. The lowest BCUT2D eigenvalue weighted by molar-refractivity contribution is -0.146. The van der Waals surface area contributed by atoms with Gasteiger partial charge in [-0.3, -0.25) is 0 Å². The molecular formula is C16H20O2. The third kappa shape index (κ3) is 1.66. The van der Waals surface area contributed by atoms with Gasteiger partial charge in [0.15, 0.2) is 0 Å². The molecule has 0 amide bonds. The zero-order chi connectivity index (χ0) is 11.9. The van der Waals surface area contributed by atoms with Gasteiger partial charge in [0.05, 0.1) is 18.8 Å². The predicted molar refractivity (Wildman–Crippen MR) is 69.6 cm³/mol. The van der Waals surface area contributed by atoms with Crippen molar-refractivity contribution in [1.29, 1.82) is 0 Å². The van der Waals surface area contributed by atoms with Crippen LogP contribution < -0.4 is 4.74 Å². The molecule has 1 aromatic carbocycles. The van der Waals surface area contributed by atoms with Crippen LogP contribution in [-0.2, 0) is 4.74 Å². The molecule has 2 fully saturated rings. The highest BCUT2D eigenvalue weighted by Crippen LogP contribution is 2.48. The van der Waals surface area contributed by atoms with E-state index in [0.717, 1.165) is 18.3 Å². The minimum absolute atomic E-state index is 0.286. The van der Waals surface area contributed by atoms with Crippen molar-refractivity contribution in [2.24, 2.45) is 11.8 Å². The van der Waals surface area contributed by atoms with Gasteiger partial charge in [-0.1, -0.05) is 31.0 Å². The van der Waals surface area contributed by atoms with E-state index in [4.69, 9.17) is 9.47 Å². The first kappa shape index (κ1) is 10.9. The van der Waals surface area contributed by atoms with Gasteiger partial charge in [-0.05, 0) is 31.2 Å². The van der Waals surface area contributed by atoms with Gasteiger partial charge in [0.25, 0.3) is 0 Å². The van der Waals surface area contributed by atoms with E-state index in [9.17, 15) is 0 Å². The molecule has 4 atom stereocenters. The Labute approximate surface area is 108 Å². The van der Waals surface area contributed by atoms with Crippen LogP contribution in [0.5, 0.6) is 5.75 Å². The van der Waals surface area contributed by atoms with Gasteiger partial charge in [-0.2, -0.15) is 0 Å². The van der Waals surface area contributed by atoms with Crippen LogP contribution in [0.3, 0.4) is 0 Å². The molecule has 0 bridgehead atoms. The Morgan fingerprint density at radius 1 is 1.00 bits per heavy atom. The minimum Gasteiger partial charge on any atom is -0.493 e. The Morgan fingerprint density at radius 3 is 2.89 bits per heavy atom. The molecule has 1 saturated carbocycles. The van der Waals surface area contributed by atoms with Crippen LogP contribution in [0.15, 0.2) is 24.3 Å². The number of para-hydroxylation sites is 1. The summed E-state index contributed by atoms with van der Waals surface area (Å²) >= 11 is 0. The maximum Gasteiger partial charge on any atom is 0.125 e. The van der Waals surface area contributed by atoms with Crippen LogP contribution in [0.25, 0.3) is 0 Å². The number of rotatable bonds is 0. The SMILES string of the molecule is c1ccc2c(c1)OC[C@@H]1C[C@H]3CCCC[C@H]3O[C@@H]21. The maximum absolute atomic E-state index is 6.44. The van der Waals surface area contributed by atoms with E-state index in [2.05, 4.69) is 18.2 Å². The van der Waals surface area contributed by atoms with Crippen molar-refractivity contribution < 1.29 is 9.47 Å². The molecule has 18 heavy (non-hydrogen) atoms. The average molecular weight is 244 g/mol. The van der Waals surface area contributed by atoms with Crippen LogP contribution in [0.1, 0.15) is 43.8 Å². The molecule has 1 aromatic rings. The smallest absolute Gasteiger partial charge is 0.125 e. The second-order valence-electron chi connectivity index (χ2n) is 5.98. The van der Waals surface area contributed by atoms with E-state index < -0.39 is 0 Å². The predicted octanol–water partition coefficient (Wildman–Crippen LogP) is 3.72. The summed E-state index contributed by atoms with van der Waals surface area (Å²) in [5.74, 6) is 2.39. The van der Waals surface area contributed by atoms with Crippen LogP contribution in [0.4, 0.5) is 0 Å². The van der Waals surface area contributed by atoms with Crippen molar-refractivity contribution in [3.05, 3.63) is 29.8 Å². The monoisotopic (exact) mass is 244 g/mol. The van der Waals surface area contributed by atoms with E-state index >= 15 is 0 Å². The summed E-state index contributed by atoms with van der Waals surface area (Å²) in [6.07, 6.45) is 7.44. The lowest BCUT2D eigenvalue weighted by Gasteiger charge is -2.46. The van der Waals surface area contributed by atoms with Crippen molar-refractivity contribution in [2.45, 2.75) is 44.3 Å². The molecule has 1 aliphatic carbocycles. The summed E-state index contributed by atoms with van der Waals surface area (Å²) in [5, 5.41) is 0. The van der Waals surface area contributed by atoms with Gasteiger partial charge in [0.1, 0.15) is 5.75 Å². The van der Waals surface area contributed by atoms with Crippen LogP contribution in [-0.4, -0.2) is 12.7 Å². The summed E-state index contributed by atoms with van der Waals surface area (Å²) < 4.78 is 12.3. The van der Waals surface area contributed by atoms with E-state index in [1.807, 2.05) is 6.07 Å². The van der Waals surface area contributed by atoms with Gasteiger partial charge in [0.2, 0.25) is 0 Å². The molecule has 0 aromatic heterocycles. The quantitative estimate of drug-likeness (QED) is 0.692. The summed E-state index contributed by atoms with van der Waals surface area (Å²) in [4.78, 5) is 0. The maximum atomic E-state index is 6.44. The van der Waals surface area contributed by atoms with Crippen molar-refractivity contribution >= 4 is 0 Å². The van der Waals surface area contributed by atoms with E-state index in [1.165, 1.54) is 37.7 Å². The highest BCUT2D eigenvalue weighted by atomic mass is 16.5. The highest BCUT2D eigenvalue weighted by molar-refractivity contribution is 5.37. The van der Waals surface area contributed by atoms with Gasteiger partial charge in [-0.25, -0.2) is 0 Å². The first-order valence-electron chi connectivity index (χ1n) is 7.29. The first-order valence-corrected chi connectivity index (χ1v) is 7.29. The number of hydrogen-bond donors (Lipinski definition) is 0. The summed E-state index contributed by atoms with van der Waals surface area (Å²) in [5.41, 5.74) is 1.28. The largest absolute Gasteiger partial charge is 0.493 e. The van der Waals surface area contributed by atoms with Gasteiger partial charge in [-0.15, -0.1) is 0 Å². The fourth-order valence-corrected chi connectivity index (χ4v) is 3.96. The molecule has 0 N–H and O–H groups in total. The molecule has 3 aliphatic rings. The fourth-order valence-electron chi connectivity index (χ4n) is 3.96. The Morgan fingerprint density at radius 2 is 1.89 bits per heavy atom. The van der Waals surface area contributed by atoms with E-state index in [-0.39, 0.29) is 6.10 Å². The summed E-state index contributed by atoms with van der Waals surface area (Å²) in [6, 6.07) is 8.39. The lowest BCUT2D eigenvalue weighted by atomic mass is 9.75. The van der Waals surface area contributed by atoms with Gasteiger partial charge >= 0.3 is 0 Å². The molecule has 4 rings (SSSR count). The Hall–Kier alpha value is -1.02. The fraction of sp³-hybridized carbons (Fsp3) is 0.625. The molecule has 2 heterocycles. The summed E-state index contributed by atoms with van der Waals surface area (Å²) in [7, 11) is 0. The lowest BCUT2D eigenvalue weighted by Crippen LogP contribution is -2.42. The van der Waals surface area contributed by atoms with Gasteiger partial charge in [0, 0.05) is 11.5 Å². The Kier molecular flexibility index (Phi) is 2.58. The van der Waals surface area contributed by atoms with Gasteiger partial charge < -0.3 is 9.47 Å². The molecule has 1 saturated heterocycles. The zero-order valence-electron chi connectivity index (χ0n) is 10.7. The molecule has 2 heteroatoms. The van der Waals surface area contributed by atoms with Crippen molar-refractivity contribution in [2.75, 3.05) is 6.61 Å². The second-order valence-corrected chi connectivity index (χ2v) is 5.98. The van der Waals surface area contributed by atoms with Crippen molar-refractivity contribution in [1.82, 2.24) is 0 Å². The van der Waals surface area contributed by atoms with Crippen LogP contribution in [0, 0.1) is 11.8 Å². The standard InChI is InChI=1S/C16H20O2/c1-3-7-14-11(5-1)9-12-10-17-15-8-4-2-6-13(15)16(12)18-14/h2,4,6,8,11-12,14,16H,1,3,5,7,9-10H2/t11-,12+,14-,16-/m1/s1. The third-order valence-corrected chi connectivity index (χ3v) is 4.87. The number of hydrogen-bond acceptors (Lipinski definition) is 2. The third-order valence-electron chi connectivity index (χ3n) is 4.87. The molecule has 96 valence electrons. The molecule has 0 spiro atoms. The minimum atomic E-state index is 0.286. The zero-order valence-corrected chi connectivity index (χ0v) is 10.7. The van der Waals surface area contributed by atoms with Crippen LogP contribution >= 0.6 is 0 Å². The normalized spacial score (nSPS) is 38.0. The molecule has 0 radical (unpaired) electrons. The topological polar surface area (TPSA) is 18.5 Å². The number of benzene rings is 1. The average Bonchev–Trinajstić information content (AvgIpc) is 2.45. The van der Waals surface area contributed by atoms with E-state index in [1.54, 1.807) is 0 Å². The molecule has 2 aliphatic heterocycles. The second kappa shape index (κ2) is 4.27. The van der Waals surface area contributed by atoms with Crippen molar-refractivity contribution in [3.8, 4) is 5.75 Å². The van der Waals surface area contributed by atoms with Crippen molar-refractivity contribution in [3.63, 3.8) is 0 Å². The Balaban J connectivity index is 1.64. The number of ether oxygens (including phenoxy) is 2. The van der Waals surface area contributed by atoms with E-state index in [0.29, 0.717) is 12.0 Å². The molecule has 0 unspecified atom stereocenters. The Bertz CT molecular complexity index is 442.